The van der Waals surface area contributed by atoms with Gasteiger partial charge >= 0.3 is 0 Å². The molecule has 0 aromatic rings. The van der Waals surface area contributed by atoms with Gasteiger partial charge in [-0.2, -0.15) is 0 Å². The van der Waals surface area contributed by atoms with Crippen LogP contribution in [0, 0.1) is 5.92 Å². The summed E-state index contributed by atoms with van der Waals surface area (Å²) in [5.74, 6) is 1.89. The Balaban J connectivity index is 0.00000220. The lowest BCUT2D eigenvalue weighted by Gasteiger charge is -2.33. The highest BCUT2D eigenvalue weighted by atomic mass is 127. The molecule has 21 heavy (non-hydrogen) atoms. The van der Waals surface area contributed by atoms with Gasteiger partial charge in [0.05, 0.1) is 13.2 Å². The number of aliphatic imine (C=N–C) groups is 1. The van der Waals surface area contributed by atoms with Gasteiger partial charge in [0, 0.05) is 26.2 Å². The quantitative estimate of drug-likeness (QED) is 0.337. The minimum Gasteiger partial charge on any atom is -0.377 e. The zero-order chi connectivity index (χ0) is 14.2. The van der Waals surface area contributed by atoms with Crippen molar-refractivity contribution in [2.45, 2.75) is 39.5 Å². The van der Waals surface area contributed by atoms with Crippen LogP contribution in [0.4, 0.5) is 0 Å². The van der Waals surface area contributed by atoms with E-state index >= 15 is 0 Å². The highest BCUT2D eigenvalue weighted by molar-refractivity contribution is 14.0. The van der Waals surface area contributed by atoms with E-state index in [0.717, 1.165) is 64.1 Å². The Hall–Kier alpha value is -0.300. The predicted octanol–water partition coefficient (Wildman–Crippen LogP) is 3.04. The maximum atomic E-state index is 5.34. The number of guanidine groups is 1. The Kier molecular flexibility index (Phi) is 9.31. The molecule has 1 atom stereocenters. The second kappa shape index (κ2) is 10.4. The van der Waals surface area contributed by atoms with Crippen LogP contribution in [0.25, 0.3) is 0 Å². The van der Waals surface area contributed by atoms with Gasteiger partial charge in [0.1, 0.15) is 0 Å². The average molecular weight is 407 g/mol. The van der Waals surface area contributed by atoms with Gasteiger partial charge < -0.3 is 15.0 Å². The maximum Gasteiger partial charge on any atom is 0.193 e. The summed E-state index contributed by atoms with van der Waals surface area (Å²) in [5.41, 5.74) is 1.50. The molecule has 0 aliphatic carbocycles. The van der Waals surface area contributed by atoms with Crippen molar-refractivity contribution in [2.75, 3.05) is 39.4 Å². The highest BCUT2D eigenvalue weighted by Gasteiger charge is 2.18. The molecule has 0 radical (unpaired) electrons. The van der Waals surface area contributed by atoms with Crippen molar-refractivity contribution >= 4 is 29.9 Å². The lowest BCUT2D eigenvalue weighted by atomic mass is 10.0. The lowest BCUT2D eigenvalue weighted by Crippen LogP contribution is -2.46. The number of hydrogen-bond acceptors (Lipinski definition) is 2. The third-order valence-corrected chi connectivity index (χ3v) is 4.04. The van der Waals surface area contributed by atoms with Crippen LogP contribution in [0.15, 0.2) is 16.6 Å². The second-order valence-corrected chi connectivity index (χ2v) is 5.87. The zero-order valence-electron chi connectivity index (χ0n) is 13.4. The Labute approximate surface area is 146 Å². The summed E-state index contributed by atoms with van der Waals surface area (Å²) in [6.45, 7) is 10.3. The predicted molar refractivity (Wildman–Crippen MR) is 99.5 cm³/mol. The van der Waals surface area contributed by atoms with Crippen molar-refractivity contribution in [3.63, 3.8) is 0 Å². The molecule has 122 valence electrons. The van der Waals surface area contributed by atoms with E-state index in [1.54, 1.807) is 0 Å². The largest absolute Gasteiger partial charge is 0.377 e. The van der Waals surface area contributed by atoms with E-state index in [1.165, 1.54) is 18.4 Å². The first-order valence-corrected chi connectivity index (χ1v) is 8.08. The molecule has 0 aromatic heterocycles. The van der Waals surface area contributed by atoms with Crippen molar-refractivity contribution in [3.8, 4) is 0 Å². The summed E-state index contributed by atoms with van der Waals surface area (Å²) >= 11 is 0. The summed E-state index contributed by atoms with van der Waals surface area (Å²) in [4.78, 5) is 7.24. The molecule has 0 saturated carbocycles. The van der Waals surface area contributed by atoms with Gasteiger partial charge in [0.25, 0.3) is 0 Å². The van der Waals surface area contributed by atoms with Crippen LogP contribution >= 0.6 is 24.0 Å². The van der Waals surface area contributed by atoms with Crippen molar-refractivity contribution in [1.29, 1.82) is 0 Å². The monoisotopic (exact) mass is 407 g/mol. The van der Waals surface area contributed by atoms with E-state index in [0.29, 0.717) is 0 Å². The molecule has 0 aromatic carbocycles. The van der Waals surface area contributed by atoms with Crippen LogP contribution in [0.5, 0.6) is 0 Å². The number of likely N-dealkylation sites (tertiary alicyclic amines) is 1. The number of ether oxygens (including phenoxy) is 1. The molecule has 1 N–H and O–H groups in total. The molecule has 0 bridgehead atoms. The molecule has 0 amide bonds. The first-order chi connectivity index (χ1) is 9.79. The standard InChI is InChI=1S/C16H29N3O.HI/c1-3-17-16(19-10-4-5-14(2)13-19)18-9-6-15-7-11-20-12-8-15;/h7,14H,3-6,8-13H2,1-2H3,(H,17,18);1H. The molecule has 0 spiro atoms. The number of nitrogens with one attached hydrogen (secondary N) is 1. The molecule has 2 rings (SSSR count). The summed E-state index contributed by atoms with van der Waals surface area (Å²) in [6, 6.07) is 0. The number of nitrogens with zero attached hydrogens (tertiary/aromatic N) is 2. The van der Waals surface area contributed by atoms with E-state index in [2.05, 4.69) is 30.1 Å². The first kappa shape index (κ1) is 18.7. The molecule has 1 unspecified atom stereocenters. The van der Waals surface area contributed by atoms with Gasteiger partial charge in [-0.15, -0.1) is 24.0 Å². The first-order valence-electron chi connectivity index (χ1n) is 8.08. The third kappa shape index (κ3) is 6.55. The fourth-order valence-corrected chi connectivity index (χ4v) is 2.91. The molecule has 4 nitrogen and oxygen atoms in total. The number of hydrogen-bond donors (Lipinski definition) is 1. The number of halogens is 1. The molecule has 2 aliphatic rings. The minimum atomic E-state index is 0. The Morgan fingerprint density at radius 2 is 2.38 bits per heavy atom. The zero-order valence-corrected chi connectivity index (χ0v) is 15.8. The summed E-state index contributed by atoms with van der Waals surface area (Å²) in [6.07, 6.45) is 7.00. The molecular formula is C16H30IN3O. The van der Waals surface area contributed by atoms with Gasteiger partial charge in [-0.25, -0.2) is 0 Å². The second-order valence-electron chi connectivity index (χ2n) is 5.87. The van der Waals surface area contributed by atoms with Crippen LogP contribution < -0.4 is 5.32 Å². The van der Waals surface area contributed by atoms with Gasteiger partial charge in [-0.3, -0.25) is 4.99 Å². The van der Waals surface area contributed by atoms with E-state index in [-0.39, 0.29) is 24.0 Å². The third-order valence-electron chi connectivity index (χ3n) is 4.04. The Morgan fingerprint density at radius 1 is 1.52 bits per heavy atom. The van der Waals surface area contributed by atoms with Crippen LogP contribution in [-0.4, -0.2) is 50.3 Å². The van der Waals surface area contributed by atoms with Crippen molar-refractivity contribution in [1.82, 2.24) is 10.2 Å². The molecular weight excluding hydrogens is 377 g/mol. The number of rotatable bonds is 4. The minimum absolute atomic E-state index is 0. The van der Waals surface area contributed by atoms with Gasteiger partial charge in [-0.05, 0) is 38.5 Å². The van der Waals surface area contributed by atoms with E-state index in [1.807, 2.05) is 0 Å². The van der Waals surface area contributed by atoms with Crippen LogP contribution in [0.3, 0.4) is 0 Å². The maximum absolute atomic E-state index is 5.34. The number of piperidine rings is 1. The Morgan fingerprint density at radius 3 is 3.05 bits per heavy atom. The smallest absolute Gasteiger partial charge is 0.193 e. The fourth-order valence-electron chi connectivity index (χ4n) is 2.91. The lowest BCUT2D eigenvalue weighted by molar-refractivity contribution is 0.153. The van der Waals surface area contributed by atoms with Crippen molar-refractivity contribution in [3.05, 3.63) is 11.6 Å². The van der Waals surface area contributed by atoms with Crippen LogP contribution in [-0.2, 0) is 4.74 Å². The van der Waals surface area contributed by atoms with Gasteiger partial charge in [0.15, 0.2) is 5.96 Å². The van der Waals surface area contributed by atoms with Crippen LogP contribution in [0.1, 0.15) is 39.5 Å². The molecule has 5 heteroatoms. The Bertz CT molecular complexity index is 357. The molecule has 2 heterocycles. The molecule has 1 saturated heterocycles. The van der Waals surface area contributed by atoms with Gasteiger partial charge in [-0.1, -0.05) is 18.6 Å². The molecule has 2 aliphatic heterocycles. The van der Waals surface area contributed by atoms with Gasteiger partial charge in [0.2, 0.25) is 0 Å². The highest BCUT2D eigenvalue weighted by Crippen LogP contribution is 2.16. The summed E-state index contributed by atoms with van der Waals surface area (Å²) < 4.78 is 5.34. The fraction of sp³-hybridized carbons (Fsp3) is 0.812. The van der Waals surface area contributed by atoms with Crippen molar-refractivity contribution in [2.24, 2.45) is 10.9 Å². The van der Waals surface area contributed by atoms with E-state index in [9.17, 15) is 0 Å². The van der Waals surface area contributed by atoms with E-state index in [4.69, 9.17) is 9.73 Å². The topological polar surface area (TPSA) is 36.9 Å². The van der Waals surface area contributed by atoms with Crippen LogP contribution in [0.2, 0.25) is 0 Å². The molecule has 1 fully saturated rings. The SMILES string of the molecule is CCNC(=NCCC1=CCOCC1)N1CCCC(C)C1.I. The average Bonchev–Trinajstić information content (AvgIpc) is 2.47. The van der Waals surface area contributed by atoms with E-state index < -0.39 is 0 Å². The summed E-state index contributed by atoms with van der Waals surface area (Å²) in [7, 11) is 0. The van der Waals surface area contributed by atoms with Crippen molar-refractivity contribution < 1.29 is 4.74 Å². The normalized spacial score (nSPS) is 23.3. The summed E-state index contributed by atoms with van der Waals surface area (Å²) in [5, 5.41) is 3.44.